The predicted molar refractivity (Wildman–Crippen MR) is 75.5 cm³/mol. The van der Waals surface area contributed by atoms with E-state index in [4.69, 9.17) is 4.74 Å². The molecule has 0 atom stereocenters. The van der Waals surface area contributed by atoms with E-state index in [2.05, 4.69) is 4.98 Å². The maximum atomic E-state index is 9.73. The summed E-state index contributed by atoms with van der Waals surface area (Å²) >= 11 is 0. The number of aromatic hydroxyl groups is 1. The van der Waals surface area contributed by atoms with E-state index < -0.39 is 0 Å². The molecule has 1 heterocycles. The molecule has 0 aliphatic heterocycles. The number of benzene rings is 2. The van der Waals surface area contributed by atoms with E-state index in [0.717, 1.165) is 22.3 Å². The van der Waals surface area contributed by atoms with Crippen molar-refractivity contribution in [3.8, 4) is 11.5 Å². The molecule has 96 valence electrons. The molecule has 0 amide bonds. The summed E-state index contributed by atoms with van der Waals surface area (Å²) in [7, 11) is 0. The Kier molecular flexibility index (Phi) is 2.88. The molecule has 0 fully saturated rings. The summed E-state index contributed by atoms with van der Waals surface area (Å²) in [6.45, 7) is 2.50. The molecule has 0 spiro atoms. The number of aromatic nitrogens is 1. The van der Waals surface area contributed by atoms with E-state index in [1.54, 1.807) is 6.07 Å². The number of phenols is 1. The number of fused-ring (bicyclic) bond motifs is 1. The number of aromatic amines is 1. The quantitative estimate of drug-likeness (QED) is 0.746. The highest BCUT2D eigenvalue weighted by Crippen LogP contribution is 2.24. The van der Waals surface area contributed by atoms with Crippen LogP contribution in [0.2, 0.25) is 0 Å². The summed E-state index contributed by atoms with van der Waals surface area (Å²) in [5, 5.41) is 10.7. The number of nitrogens with one attached hydrogen (secondary N) is 1. The standard InChI is InChI=1S/C16H15NO2/c1-11-5-7-14(8-6-11)19-10-13-9-12-3-2-4-15(18)16(12)17-13/h2-9,17-18H,10H2,1H3. The summed E-state index contributed by atoms with van der Waals surface area (Å²) in [6, 6.07) is 15.4. The minimum absolute atomic E-state index is 0.263. The van der Waals surface area contributed by atoms with Gasteiger partial charge in [0.2, 0.25) is 0 Å². The van der Waals surface area contributed by atoms with Gasteiger partial charge < -0.3 is 14.8 Å². The fraction of sp³-hybridized carbons (Fsp3) is 0.125. The summed E-state index contributed by atoms with van der Waals surface area (Å²) in [4.78, 5) is 3.17. The summed E-state index contributed by atoms with van der Waals surface area (Å²) in [6.07, 6.45) is 0. The number of hydrogen-bond donors (Lipinski definition) is 2. The first-order chi connectivity index (χ1) is 9.22. The Bertz CT molecular complexity index is 698. The first kappa shape index (κ1) is 11.7. The minimum Gasteiger partial charge on any atom is -0.506 e. The van der Waals surface area contributed by atoms with Crippen molar-refractivity contribution in [2.75, 3.05) is 0 Å². The molecule has 3 rings (SSSR count). The third-order valence-corrected chi connectivity index (χ3v) is 3.11. The fourth-order valence-electron chi connectivity index (χ4n) is 2.07. The minimum atomic E-state index is 0.263. The van der Waals surface area contributed by atoms with Gasteiger partial charge in [-0.2, -0.15) is 0 Å². The second-order valence-corrected chi connectivity index (χ2v) is 4.64. The van der Waals surface area contributed by atoms with Gasteiger partial charge in [-0.05, 0) is 31.2 Å². The molecule has 0 bridgehead atoms. The number of hydrogen-bond acceptors (Lipinski definition) is 2. The molecule has 3 heteroatoms. The first-order valence-corrected chi connectivity index (χ1v) is 6.21. The summed E-state index contributed by atoms with van der Waals surface area (Å²) in [5.41, 5.74) is 2.91. The van der Waals surface area contributed by atoms with E-state index in [1.807, 2.05) is 49.4 Å². The molecule has 2 N–H and O–H groups in total. The molecule has 0 aliphatic rings. The zero-order chi connectivity index (χ0) is 13.2. The van der Waals surface area contributed by atoms with E-state index in [-0.39, 0.29) is 5.75 Å². The van der Waals surface area contributed by atoms with Crippen LogP contribution in [0.4, 0.5) is 0 Å². The van der Waals surface area contributed by atoms with Gasteiger partial charge in [0.15, 0.2) is 0 Å². The van der Waals surface area contributed by atoms with Crippen molar-refractivity contribution in [1.29, 1.82) is 0 Å². The normalized spacial score (nSPS) is 10.8. The molecule has 0 radical (unpaired) electrons. The van der Waals surface area contributed by atoms with Gasteiger partial charge in [-0.15, -0.1) is 0 Å². The van der Waals surface area contributed by atoms with E-state index in [9.17, 15) is 5.11 Å². The van der Waals surface area contributed by atoms with Gasteiger partial charge >= 0.3 is 0 Å². The smallest absolute Gasteiger partial charge is 0.139 e. The van der Waals surface area contributed by atoms with Gasteiger partial charge in [-0.25, -0.2) is 0 Å². The molecule has 2 aromatic carbocycles. The van der Waals surface area contributed by atoms with E-state index >= 15 is 0 Å². The Labute approximate surface area is 111 Å². The molecular weight excluding hydrogens is 238 g/mol. The molecule has 3 nitrogen and oxygen atoms in total. The van der Waals surface area contributed by atoms with Crippen LogP contribution in [-0.2, 0) is 6.61 Å². The van der Waals surface area contributed by atoms with Gasteiger partial charge in [0.1, 0.15) is 18.1 Å². The highest BCUT2D eigenvalue weighted by molar-refractivity contribution is 5.85. The number of rotatable bonds is 3. The van der Waals surface area contributed by atoms with Gasteiger partial charge in [0, 0.05) is 5.39 Å². The number of para-hydroxylation sites is 1. The third kappa shape index (κ3) is 2.40. The van der Waals surface area contributed by atoms with E-state index in [0.29, 0.717) is 6.61 Å². The Balaban J connectivity index is 1.78. The maximum absolute atomic E-state index is 9.73. The van der Waals surface area contributed by atoms with Crippen molar-refractivity contribution < 1.29 is 9.84 Å². The van der Waals surface area contributed by atoms with Gasteiger partial charge in [-0.3, -0.25) is 0 Å². The zero-order valence-corrected chi connectivity index (χ0v) is 10.7. The lowest BCUT2D eigenvalue weighted by atomic mass is 10.2. The number of phenolic OH excluding ortho intramolecular Hbond substituents is 1. The van der Waals surface area contributed by atoms with Crippen molar-refractivity contribution in [2.24, 2.45) is 0 Å². The van der Waals surface area contributed by atoms with Crippen LogP contribution in [0.25, 0.3) is 10.9 Å². The Hall–Kier alpha value is -2.42. The lowest BCUT2D eigenvalue weighted by molar-refractivity contribution is 0.302. The second kappa shape index (κ2) is 4.69. The number of ether oxygens (including phenoxy) is 1. The largest absolute Gasteiger partial charge is 0.506 e. The Morgan fingerprint density at radius 3 is 2.63 bits per heavy atom. The van der Waals surface area contributed by atoms with Crippen molar-refractivity contribution in [2.45, 2.75) is 13.5 Å². The lowest BCUT2D eigenvalue weighted by Gasteiger charge is -2.04. The molecule has 0 saturated carbocycles. The lowest BCUT2D eigenvalue weighted by Crippen LogP contribution is -1.95. The highest BCUT2D eigenvalue weighted by atomic mass is 16.5. The Morgan fingerprint density at radius 2 is 1.89 bits per heavy atom. The van der Waals surface area contributed by atoms with Crippen molar-refractivity contribution >= 4 is 10.9 Å². The molecule has 0 aliphatic carbocycles. The molecule has 19 heavy (non-hydrogen) atoms. The SMILES string of the molecule is Cc1ccc(OCc2cc3cccc(O)c3[nH]2)cc1. The van der Waals surface area contributed by atoms with Crippen LogP contribution in [0.5, 0.6) is 11.5 Å². The molecule has 0 unspecified atom stereocenters. The van der Waals surface area contributed by atoms with Crippen molar-refractivity contribution in [1.82, 2.24) is 4.98 Å². The topological polar surface area (TPSA) is 45.2 Å². The monoisotopic (exact) mass is 253 g/mol. The first-order valence-electron chi connectivity index (χ1n) is 6.21. The van der Waals surface area contributed by atoms with Crippen molar-refractivity contribution in [3.05, 3.63) is 59.8 Å². The maximum Gasteiger partial charge on any atom is 0.139 e. The zero-order valence-electron chi connectivity index (χ0n) is 10.7. The Morgan fingerprint density at radius 1 is 1.11 bits per heavy atom. The molecule has 1 aromatic heterocycles. The van der Waals surface area contributed by atoms with Crippen LogP contribution in [0.1, 0.15) is 11.3 Å². The van der Waals surface area contributed by atoms with Crippen LogP contribution in [0.3, 0.4) is 0 Å². The third-order valence-electron chi connectivity index (χ3n) is 3.11. The summed E-state index contributed by atoms with van der Waals surface area (Å²) in [5.74, 6) is 1.10. The van der Waals surface area contributed by atoms with Crippen LogP contribution in [0, 0.1) is 6.92 Å². The van der Waals surface area contributed by atoms with Crippen LogP contribution in [0.15, 0.2) is 48.5 Å². The number of aryl methyl sites for hydroxylation is 1. The highest BCUT2D eigenvalue weighted by Gasteiger charge is 2.04. The fourth-order valence-corrected chi connectivity index (χ4v) is 2.07. The number of H-pyrrole nitrogens is 1. The molecule has 0 saturated heterocycles. The van der Waals surface area contributed by atoms with Crippen molar-refractivity contribution in [3.63, 3.8) is 0 Å². The predicted octanol–water partition coefficient (Wildman–Crippen LogP) is 3.76. The second-order valence-electron chi connectivity index (χ2n) is 4.64. The van der Waals surface area contributed by atoms with Crippen LogP contribution in [-0.4, -0.2) is 10.1 Å². The van der Waals surface area contributed by atoms with Gasteiger partial charge in [0.05, 0.1) is 11.2 Å². The average molecular weight is 253 g/mol. The summed E-state index contributed by atoms with van der Waals surface area (Å²) < 4.78 is 5.70. The van der Waals surface area contributed by atoms with Gasteiger partial charge in [0.25, 0.3) is 0 Å². The molecular formula is C16H15NO2. The molecule has 3 aromatic rings. The van der Waals surface area contributed by atoms with E-state index in [1.165, 1.54) is 5.56 Å². The van der Waals surface area contributed by atoms with Gasteiger partial charge in [-0.1, -0.05) is 29.8 Å². The average Bonchev–Trinajstić information content (AvgIpc) is 2.83. The van der Waals surface area contributed by atoms with Crippen LogP contribution < -0.4 is 4.74 Å². The van der Waals surface area contributed by atoms with Crippen LogP contribution >= 0.6 is 0 Å².